The van der Waals surface area contributed by atoms with Gasteiger partial charge in [-0.25, -0.2) is 0 Å². The van der Waals surface area contributed by atoms with Crippen molar-refractivity contribution in [3.8, 4) is 0 Å². The van der Waals surface area contributed by atoms with Crippen molar-refractivity contribution < 1.29 is 39.5 Å². The van der Waals surface area contributed by atoms with E-state index in [1.165, 1.54) is 0 Å². The van der Waals surface area contributed by atoms with Crippen molar-refractivity contribution in [3.63, 3.8) is 0 Å². The highest BCUT2D eigenvalue weighted by Gasteiger charge is 2.87. The number of aliphatic hydroxyl groups excluding tert-OH is 2. The van der Waals surface area contributed by atoms with Gasteiger partial charge in [-0.3, -0.25) is 9.59 Å². The first-order valence-corrected chi connectivity index (χ1v) is 15.3. The fourth-order valence-electron chi connectivity index (χ4n) is 8.47. The average Bonchev–Trinajstić information content (AvgIpc) is 3.32. The monoisotopic (exact) mass is 562 g/mol. The summed E-state index contributed by atoms with van der Waals surface area (Å²) in [6.07, 6.45) is 6.97. The van der Waals surface area contributed by atoms with Gasteiger partial charge in [-0.05, 0) is 30.9 Å². The summed E-state index contributed by atoms with van der Waals surface area (Å²) in [5.41, 5.74) is -4.14. The highest BCUT2D eigenvalue weighted by Crippen LogP contribution is 2.77. The molecule has 1 unspecified atom stereocenters. The lowest BCUT2D eigenvalue weighted by atomic mass is 9.58. The molecule has 9 atom stereocenters. The third-order valence-electron chi connectivity index (χ3n) is 10.7. The molecule has 0 saturated heterocycles. The molecule has 2 saturated carbocycles. The van der Waals surface area contributed by atoms with E-state index in [0.29, 0.717) is 24.0 Å². The van der Waals surface area contributed by atoms with Crippen LogP contribution in [0.15, 0.2) is 23.3 Å². The van der Waals surface area contributed by atoms with Crippen molar-refractivity contribution in [3.05, 3.63) is 23.3 Å². The van der Waals surface area contributed by atoms with E-state index in [1.807, 2.05) is 19.9 Å². The predicted octanol–water partition coefficient (Wildman–Crippen LogP) is 3.98. The average molecular weight is 563 g/mol. The number of fused-ring (bicyclic) bond motifs is 5. The number of unbranched alkanes of at least 4 members (excludes halogenated alkanes) is 4. The fraction of sp³-hybridized carbons (Fsp3) is 0.812. The first-order chi connectivity index (χ1) is 18.8. The molecule has 2 fully saturated rings. The minimum atomic E-state index is -1.73. The number of esters is 2. The number of rotatable bonds is 11. The number of ether oxygens (including phenoxy) is 2. The number of carbonyl (C=O) groups is 2. The van der Waals surface area contributed by atoms with Crippen molar-refractivity contribution in [2.45, 2.75) is 128 Å². The van der Waals surface area contributed by atoms with E-state index in [0.717, 1.165) is 25.7 Å². The van der Waals surface area contributed by atoms with Crippen molar-refractivity contribution in [2.24, 2.45) is 29.1 Å². The zero-order chi connectivity index (χ0) is 29.7. The zero-order valence-corrected chi connectivity index (χ0v) is 25.1. The van der Waals surface area contributed by atoms with Gasteiger partial charge in [-0.2, -0.15) is 0 Å². The summed E-state index contributed by atoms with van der Waals surface area (Å²) in [7, 11) is 0. The van der Waals surface area contributed by atoms with Gasteiger partial charge in [-0.1, -0.05) is 72.5 Å². The Morgan fingerprint density at radius 1 is 1.00 bits per heavy atom. The first kappa shape index (κ1) is 31.2. The van der Waals surface area contributed by atoms with Crippen LogP contribution in [0.4, 0.5) is 0 Å². The minimum Gasteiger partial charge on any atom is -0.458 e. The Morgan fingerprint density at radius 3 is 2.17 bits per heavy atom. The Bertz CT molecular complexity index is 1050. The second-order valence-electron chi connectivity index (χ2n) is 13.4. The van der Waals surface area contributed by atoms with Gasteiger partial charge in [0, 0.05) is 48.3 Å². The lowest BCUT2D eigenvalue weighted by Gasteiger charge is -2.53. The van der Waals surface area contributed by atoms with Crippen molar-refractivity contribution in [2.75, 3.05) is 6.61 Å². The molecule has 0 aromatic carbocycles. The van der Waals surface area contributed by atoms with E-state index in [9.17, 15) is 30.0 Å². The zero-order valence-electron chi connectivity index (χ0n) is 25.1. The molecular weight excluding hydrogens is 512 g/mol. The Balaban J connectivity index is 1.82. The SMILES string of the molecule is CCCCCC(=O)O[C@@H]1[C@@H](C)[C@@]2(O)[C@@H](C=C(CO)C[C@]3(O)C(O)C(C)=C[C@@H]23)[C@@H]2C(C)(C)[C@]12OC(=O)CCCCC. The molecule has 226 valence electrons. The van der Waals surface area contributed by atoms with Gasteiger partial charge in [0.25, 0.3) is 0 Å². The molecule has 4 N–H and O–H groups in total. The highest BCUT2D eigenvalue weighted by molar-refractivity contribution is 5.72. The summed E-state index contributed by atoms with van der Waals surface area (Å²) >= 11 is 0. The summed E-state index contributed by atoms with van der Waals surface area (Å²) in [5.74, 6) is -3.44. The Kier molecular flexibility index (Phi) is 8.70. The Morgan fingerprint density at radius 2 is 1.60 bits per heavy atom. The summed E-state index contributed by atoms with van der Waals surface area (Å²) in [4.78, 5) is 26.4. The molecule has 0 aromatic heterocycles. The molecule has 4 aliphatic carbocycles. The fourth-order valence-corrected chi connectivity index (χ4v) is 8.47. The van der Waals surface area contributed by atoms with Gasteiger partial charge in [0.05, 0.1) is 12.2 Å². The standard InChI is InChI=1S/C32H50O8/c1-7-9-11-13-24(34)39-28-20(4)31(38)22(16-21(18-33)17-30(37)23(31)15-19(3)27(30)36)26-29(5,6)32(26,28)40-25(35)14-12-10-8-2/h15-16,20,22-23,26-28,33,36-38H,7-14,17-18H2,1-6H3/t20-,22+,23-,26-,27?,28-,30-,31-,32-/m1/s1. The van der Waals surface area contributed by atoms with Crippen molar-refractivity contribution >= 4 is 11.9 Å². The first-order valence-electron chi connectivity index (χ1n) is 15.3. The van der Waals surface area contributed by atoms with Crippen LogP contribution >= 0.6 is 0 Å². The van der Waals surface area contributed by atoms with Gasteiger partial charge in [-0.15, -0.1) is 0 Å². The second-order valence-corrected chi connectivity index (χ2v) is 13.4. The van der Waals surface area contributed by atoms with Crippen LogP contribution in [0.25, 0.3) is 0 Å². The van der Waals surface area contributed by atoms with Crippen molar-refractivity contribution in [1.29, 1.82) is 0 Å². The van der Waals surface area contributed by atoms with E-state index in [1.54, 1.807) is 19.9 Å². The minimum absolute atomic E-state index is 0.00682. The molecular formula is C32H50O8. The largest absolute Gasteiger partial charge is 0.458 e. The molecule has 0 heterocycles. The number of hydrogen-bond acceptors (Lipinski definition) is 8. The molecule has 4 rings (SSSR count). The van der Waals surface area contributed by atoms with E-state index in [-0.39, 0.29) is 31.8 Å². The Hall–Kier alpha value is -1.74. The highest BCUT2D eigenvalue weighted by atomic mass is 16.6. The third-order valence-corrected chi connectivity index (χ3v) is 10.7. The molecule has 0 bridgehead atoms. The molecule has 0 amide bonds. The molecule has 4 aliphatic rings. The van der Waals surface area contributed by atoms with Crippen LogP contribution in [-0.2, 0) is 19.1 Å². The summed E-state index contributed by atoms with van der Waals surface area (Å²) in [6, 6.07) is 0. The maximum Gasteiger partial charge on any atom is 0.306 e. The van der Waals surface area contributed by atoms with Gasteiger partial charge in [0.1, 0.15) is 17.8 Å². The molecule has 0 aliphatic heterocycles. The predicted molar refractivity (Wildman–Crippen MR) is 150 cm³/mol. The van der Waals surface area contributed by atoms with E-state index in [2.05, 4.69) is 13.8 Å². The van der Waals surface area contributed by atoms with Gasteiger partial charge < -0.3 is 29.9 Å². The quantitative estimate of drug-likeness (QED) is 0.169. The number of hydrogen-bond donors (Lipinski definition) is 4. The second kappa shape index (κ2) is 11.2. The normalized spacial score (nSPS) is 41.0. The van der Waals surface area contributed by atoms with Gasteiger partial charge in [0.2, 0.25) is 0 Å². The van der Waals surface area contributed by atoms with Crippen LogP contribution < -0.4 is 0 Å². The summed E-state index contributed by atoms with van der Waals surface area (Å²) in [5, 5.41) is 46.1. The molecule has 0 radical (unpaired) electrons. The molecule has 40 heavy (non-hydrogen) atoms. The van der Waals surface area contributed by atoms with Crippen LogP contribution in [0.5, 0.6) is 0 Å². The lowest BCUT2D eigenvalue weighted by Crippen LogP contribution is -2.66. The number of carbonyl (C=O) groups excluding carboxylic acids is 2. The molecule has 0 aromatic rings. The van der Waals surface area contributed by atoms with Gasteiger partial charge in [0.15, 0.2) is 5.60 Å². The van der Waals surface area contributed by atoms with Crippen LogP contribution in [-0.4, -0.2) is 68.0 Å². The lowest BCUT2D eigenvalue weighted by molar-refractivity contribution is -0.235. The van der Waals surface area contributed by atoms with Gasteiger partial charge >= 0.3 is 11.9 Å². The maximum atomic E-state index is 13.2. The van der Waals surface area contributed by atoms with Crippen LogP contribution in [0.3, 0.4) is 0 Å². The molecule has 8 nitrogen and oxygen atoms in total. The van der Waals surface area contributed by atoms with Crippen LogP contribution in [0.2, 0.25) is 0 Å². The maximum absolute atomic E-state index is 13.2. The smallest absolute Gasteiger partial charge is 0.306 e. The van der Waals surface area contributed by atoms with Crippen LogP contribution in [0, 0.1) is 29.1 Å². The summed E-state index contributed by atoms with van der Waals surface area (Å²) < 4.78 is 12.6. The summed E-state index contributed by atoms with van der Waals surface area (Å²) in [6.45, 7) is 11.2. The molecule has 0 spiro atoms. The van der Waals surface area contributed by atoms with E-state index < -0.39 is 64.1 Å². The van der Waals surface area contributed by atoms with Crippen LogP contribution in [0.1, 0.15) is 99.3 Å². The van der Waals surface area contributed by atoms with Crippen molar-refractivity contribution in [1.82, 2.24) is 0 Å². The van der Waals surface area contributed by atoms with E-state index >= 15 is 0 Å². The number of aliphatic hydroxyl groups is 4. The Labute approximate surface area is 238 Å². The molecule has 8 heteroatoms. The topological polar surface area (TPSA) is 134 Å². The van der Waals surface area contributed by atoms with E-state index in [4.69, 9.17) is 9.47 Å². The third kappa shape index (κ3) is 4.58.